The number of aromatic nitrogens is 2. The van der Waals surface area contributed by atoms with Crippen molar-refractivity contribution in [2.75, 3.05) is 37.6 Å². The van der Waals surface area contributed by atoms with E-state index in [1.54, 1.807) is 22.9 Å². The van der Waals surface area contributed by atoms with Gasteiger partial charge in [0.2, 0.25) is 0 Å². The van der Waals surface area contributed by atoms with Gasteiger partial charge in [-0.15, -0.1) is 0 Å². The summed E-state index contributed by atoms with van der Waals surface area (Å²) in [5.41, 5.74) is 2.62. The van der Waals surface area contributed by atoms with Crippen LogP contribution in [-0.2, 0) is 13.0 Å². The van der Waals surface area contributed by atoms with Crippen LogP contribution in [0.2, 0.25) is 0 Å². The largest absolute Gasteiger partial charge is 0.369 e. The molecule has 0 radical (unpaired) electrons. The Hall–Kier alpha value is -3.46. The van der Waals surface area contributed by atoms with E-state index in [0.29, 0.717) is 13.0 Å². The second kappa shape index (κ2) is 9.99. The molecular formula is C24H28FN5O3. The number of halogens is 1. The first kappa shape index (κ1) is 22.7. The van der Waals surface area contributed by atoms with Gasteiger partial charge in [-0.05, 0) is 49.2 Å². The van der Waals surface area contributed by atoms with Crippen molar-refractivity contribution in [3.63, 3.8) is 0 Å². The number of piperazine rings is 1. The molecule has 3 aromatic rings. The van der Waals surface area contributed by atoms with Crippen LogP contribution in [0.1, 0.15) is 19.0 Å². The summed E-state index contributed by atoms with van der Waals surface area (Å²) in [6.07, 6.45) is 1.50. The maximum absolute atomic E-state index is 13.2. The minimum absolute atomic E-state index is 0.0256. The normalized spacial score (nSPS) is 14.5. The highest BCUT2D eigenvalue weighted by Gasteiger charge is 2.18. The maximum atomic E-state index is 13.2. The highest BCUT2D eigenvalue weighted by molar-refractivity contribution is 5.46. The molecular weight excluding hydrogens is 425 g/mol. The molecule has 1 fully saturated rings. The summed E-state index contributed by atoms with van der Waals surface area (Å²) in [6.45, 7) is 7.01. The van der Waals surface area contributed by atoms with Gasteiger partial charge >= 0.3 is 0 Å². The van der Waals surface area contributed by atoms with Crippen molar-refractivity contribution in [2.45, 2.75) is 26.3 Å². The molecule has 4 rings (SSSR count). The minimum atomic E-state index is -0.428. The quantitative estimate of drug-likeness (QED) is 0.386. The molecule has 0 atom stereocenters. The minimum Gasteiger partial charge on any atom is -0.369 e. The molecule has 1 saturated heterocycles. The third-order valence-corrected chi connectivity index (χ3v) is 6.13. The van der Waals surface area contributed by atoms with E-state index < -0.39 is 4.92 Å². The average Bonchev–Trinajstić information content (AvgIpc) is 3.15. The molecule has 0 saturated carbocycles. The van der Waals surface area contributed by atoms with Gasteiger partial charge in [-0.1, -0.05) is 6.92 Å². The van der Waals surface area contributed by atoms with Crippen LogP contribution in [0.15, 0.2) is 59.4 Å². The van der Waals surface area contributed by atoms with E-state index in [1.807, 2.05) is 23.7 Å². The number of nitrogens with zero attached hydrogens (tertiary/aromatic N) is 5. The van der Waals surface area contributed by atoms with Gasteiger partial charge in [-0.25, -0.2) is 9.07 Å². The van der Waals surface area contributed by atoms with Crippen LogP contribution in [0.25, 0.3) is 5.69 Å². The first-order chi connectivity index (χ1) is 16.0. The summed E-state index contributed by atoms with van der Waals surface area (Å²) in [4.78, 5) is 27.8. The molecule has 2 heterocycles. The smallest absolute Gasteiger partial charge is 0.269 e. The topological polar surface area (TPSA) is 76.5 Å². The molecule has 9 heteroatoms. The molecule has 0 unspecified atom stereocenters. The Labute approximate surface area is 191 Å². The standard InChI is InChI=1S/C24H28FN5O3/c1-2-20-18-24(31)28(29(20)22-8-10-23(11-9-22)30(32)33)13-3-12-26-14-16-27(17-15-26)21-6-4-19(25)5-7-21/h4-11,18H,2-3,12-17H2,1H3. The first-order valence-corrected chi connectivity index (χ1v) is 11.3. The van der Waals surface area contributed by atoms with E-state index in [1.165, 1.54) is 24.3 Å². The molecule has 0 amide bonds. The van der Waals surface area contributed by atoms with E-state index in [0.717, 1.165) is 56.2 Å². The lowest BCUT2D eigenvalue weighted by atomic mass is 10.2. The molecule has 0 aliphatic carbocycles. The van der Waals surface area contributed by atoms with Gasteiger partial charge < -0.3 is 4.90 Å². The average molecular weight is 454 g/mol. The number of hydrogen-bond acceptors (Lipinski definition) is 5. The fraction of sp³-hybridized carbons (Fsp3) is 0.375. The van der Waals surface area contributed by atoms with Gasteiger partial charge in [0.05, 0.1) is 10.6 Å². The fourth-order valence-electron chi connectivity index (χ4n) is 4.34. The Morgan fingerprint density at radius 3 is 2.18 bits per heavy atom. The molecule has 174 valence electrons. The number of nitro benzene ring substituents is 1. The van der Waals surface area contributed by atoms with Crippen molar-refractivity contribution >= 4 is 11.4 Å². The number of aryl methyl sites for hydroxylation is 1. The van der Waals surface area contributed by atoms with E-state index in [2.05, 4.69) is 9.80 Å². The third kappa shape index (κ3) is 5.14. The van der Waals surface area contributed by atoms with Gasteiger partial charge in [0.15, 0.2) is 0 Å². The molecule has 0 bridgehead atoms. The molecule has 1 aliphatic heterocycles. The Balaban J connectivity index is 1.38. The summed E-state index contributed by atoms with van der Waals surface area (Å²) >= 11 is 0. The van der Waals surface area contributed by atoms with Gasteiger partial charge in [0.1, 0.15) is 5.82 Å². The van der Waals surface area contributed by atoms with E-state index in [9.17, 15) is 19.3 Å². The first-order valence-electron chi connectivity index (χ1n) is 11.3. The predicted octanol–water partition coefficient (Wildman–Crippen LogP) is 3.46. The lowest BCUT2D eigenvalue weighted by Crippen LogP contribution is -2.46. The monoisotopic (exact) mass is 453 g/mol. The van der Waals surface area contributed by atoms with Crippen LogP contribution in [0.4, 0.5) is 15.8 Å². The van der Waals surface area contributed by atoms with Crippen LogP contribution in [0, 0.1) is 15.9 Å². The van der Waals surface area contributed by atoms with Crippen LogP contribution < -0.4 is 10.5 Å². The molecule has 0 spiro atoms. The van der Waals surface area contributed by atoms with Crippen LogP contribution in [0.5, 0.6) is 0 Å². The number of anilines is 1. The predicted molar refractivity (Wildman–Crippen MR) is 126 cm³/mol. The zero-order chi connectivity index (χ0) is 23.4. The highest BCUT2D eigenvalue weighted by Crippen LogP contribution is 2.19. The summed E-state index contributed by atoms with van der Waals surface area (Å²) in [6, 6.07) is 14.5. The van der Waals surface area contributed by atoms with Gasteiger partial charge in [-0.2, -0.15) is 0 Å². The van der Waals surface area contributed by atoms with Crippen molar-refractivity contribution in [2.24, 2.45) is 0 Å². The number of non-ortho nitro benzene ring substituents is 1. The molecule has 1 aliphatic rings. The summed E-state index contributed by atoms with van der Waals surface area (Å²) in [5.74, 6) is -0.225. The molecule has 2 aromatic carbocycles. The number of hydrogen-bond donors (Lipinski definition) is 0. The number of benzene rings is 2. The maximum Gasteiger partial charge on any atom is 0.269 e. The highest BCUT2D eigenvalue weighted by atomic mass is 19.1. The van der Waals surface area contributed by atoms with Crippen molar-refractivity contribution in [3.05, 3.63) is 86.6 Å². The zero-order valence-electron chi connectivity index (χ0n) is 18.7. The number of nitro groups is 1. The third-order valence-electron chi connectivity index (χ3n) is 6.13. The second-order valence-electron chi connectivity index (χ2n) is 8.19. The SMILES string of the molecule is CCc1cc(=O)n(CCCN2CCN(c3ccc(F)cc3)CC2)n1-c1ccc([N+](=O)[O-])cc1. The van der Waals surface area contributed by atoms with E-state index in [-0.39, 0.29) is 17.1 Å². The zero-order valence-corrected chi connectivity index (χ0v) is 18.7. The van der Waals surface area contributed by atoms with Crippen LogP contribution >= 0.6 is 0 Å². The molecule has 0 N–H and O–H groups in total. The summed E-state index contributed by atoms with van der Waals surface area (Å²) in [7, 11) is 0. The second-order valence-corrected chi connectivity index (χ2v) is 8.19. The Kier molecular flexibility index (Phi) is 6.88. The molecule has 33 heavy (non-hydrogen) atoms. The van der Waals surface area contributed by atoms with Crippen LogP contribution in [-0.4, -0.2) is 51.9 Å². The summed E-state index contributed by atoms with van der Waals surface area (Å²) < 4.78 is 16.7. The van der Waals surface area contributed by atoms with Crippen molar-refractivity contribution in [1.82, 2.24) is 14.3 Å². The lowest BCUT2D eigenvalue weighted by molar-refractivity contribution is -0.384. The Morgan fingerprint density at radius 1 is 0.939 bits per heavy atom. The van der Waals surface area contributed by atoms with Crippen molar-refractivity contribution in [3.8, 4) is 5.69 Å². The van der Waals surface area contributed by atoms with E-state index in [4.69, 9.17) is 0 Å². The number of rotatable bonds is 8. The van der Waals surface area contributed by atoms with Crippen molar-refractivity contribution in [1.29, 1.82) is 0 Å². The molecule has 1 aromatic heterocycles. The van der Waals surface area contributed by atoms with Gasteiger partial charge in [0, 0.05) is 68.8 Å². The fourth-order valence-corrected chi connectivity index (χ4v) is 4.34. The van der Waals surface area contributed by atoms with Gasteiger partial charge in [-0.3, -0.25) is 24.5 Å². The van der Waals surface area contributed by atoms with Crippen molar-refractivity contribution < 1.29 is 9.31 Å². The van der Waals surface area contributed by atoms with Gasteiger partial charge in [0.25, 0.3) is 11.2 Å². The molecule has 8 nitrogen and oxygen atoms in total. The lowest BCUT2D eigenvalue weighted by Gasteiger charge is -2.36. The summed E-state index contributed by atoms with van der Waals surface area (Å²) in [5, 5.41) is 11.0. The van der Waals surface area contributed by atoms with E-state index >= 15 is 0 Å². The Morgan fingerprint density at radius 2 is 1.58 bits per heavy atom. The van der Waals surface area contributed by atoms with Crippen LogP contribution in [0.3, 0.4) is 0 Å². The Bertz CT molecular complexity index is 1150.